The van der Waals surface area contributed by atoms with Gasteiger partial charge in [-0.2, -0.15) is 0 Å². The summed E-state index contributed by atoms with van der Waals surface area (Å²) >= 11 is 0. The van der Waals surface area contributed by atoms with Crippen LogP contribution >= 0.6 is 0 Å². The van der Waals surface area contributed by atoms with Gasteiger partial charge in [-0.1, -0.05) is 6.07 Å². The highest BCUT2D eigenvalue weighted by Gasteiger charge is 2.13. The van der Waals surface area contributed by atoms with E-state index in [2.05, 4.69) is 5.32 Å². The lowest BCUT2D eigenvalue weighted by molar-refractivity contribution is -0.123. The summed E-state index contributed by atoms with van der Waals surface area (Å²) in [6.45, 7) is 1.75. The van der Waals surface area contributed by atoms with E-state index in [1.165, 1.54) is 0 Å². The van der Waals surface area contributed by atoms with Crippen LogP contribution in [0.3, 0.4) is 0 Å². The molecule has 7 heteroatoms. The summed E-state index contributed by atoms with van der Waals surface area (Å²) in [7, 11) is 6.25. The van der Waals surface area contributed by atoms with Crippen LogP contribution in [0.25, 0.3) is 0 Å². The molecule has 146 valence electrons. The first-order chi connectivity index (χ1) is 13.0. The molecule has 0 radical (unpaired) electrons. The van der Waals surface area contributed by atoms with Gasteiger partial charge in [-0.3, -0.25) is 4.79 Å². The number of ether oxygens (including phenoxy) is 5. The van der Waals surface area contributed by atoms with E-state index in [1.54, 1.807) is 52.7 Å². The number of hydrogen-bond donors (Lipinski definition) is 1. The second-order valence-corrected chi connectivity index (χ2v) is 5.74. The number of carbonyl (C=O) groups is 1. The number of amides is 1. The van der Waals surface area contributed by atoms with Gasteiger partial charge in [-0.05, 0) is 24.6 Å². The van der Waals surface area contributed by atoms with Crippen LogP contribution in [0.15, 0.2) is 36.4 Å². The maximum atomic E-state index is 12.2. The van der Waals surface area contributed by atoms with Crippen LogP contribution in [-0.4, -0.2) is 41.0 Å². The third-order valence-electron chi connectivity index (χ3n) is 3.98. The maximum absolute atomic E-state index is 12.2. The van der Waals surface area contributed by atoms with Crippen molar-refractivity contribution in [1.82, 2.24) is 5.32 Å². The SMILES string of the molecule is COc1cc(OC)cc(OCC(=O)N[C@H](C)c2ccc(OC)c(OC)c2)c1. The Morgan fingerprint density at radius 3 is 2.00 bits per heavy atom. The molecule has 0 saturated heterocycles. The molecule has 0 aromatic heterocycles. The molecule has 0 saturated carbocycles. The summed E-state index contributed by atoms with van der Waals surface area (Å²) in [6.07, 6.45) is 0. The zero-order valence-electron chi connectivity index (χ0n) is 16.2. The molecule has 2 rings (SSSR count). The van der Waals surface area contributed by atoms with E-state index in [4.69, 9.17) is 23.7 Å². The molecule has 1 N–H and O–H groups in total. The molecular weight excluding hydrogens is 350 g/mol. The molecule has 1 amide bonds. The molecule has 0 aliphatic rings. The van der Waals surface area contributed by atoms with E-state index in [9.17, 15) is 4.79 Å². The summed E-state index contributed by atoms with van der Waals surface area (Å²) in [6, 6.07) is 10.4. The quantitative estimate of drug-likeness (QED) is 0.726. The molecule has 7 nitrogen and oxygen atoms in total. The molecule has 2 aromatic rings. The van der Waals surface area contributed by atoms with Crippen molar-refractivity contribution in [2.24, 2.45) is 0 Å². The normalized spacial score (nSPS) is 11.3. The first kappa shape index (κ1) is 20.2. The smallest absolute Gasteiger partial charge is 0.258 e. The van der Waals surface area contributed by atoms with Gasteiger partial charge in [0.2, 0.25) is 0 Å². The summed E-state index contributed by atoms with van der Waals surface area (Å²) in [4.78, 5) is 12.2. The number of methoxy groups -OCH3 is 4. The molecule has 0 bridgehead atoms. The Balaban J connectivity index is 1.97. The van der Waals surface area contributed by atoms with Gasteiger partial charge in [0.15, 0.2) is 18.1 Å². The minimum absolute atomic E-state index is 0.131. The van der Waals surface area contributed by atoms with Gasteiger partial charge in [0.25, 0.3) is 5.91 Å². The second kappa shape index (κ2) is 9.56. The van der Waals surface area contributed by atoms with E-state index in [-0.39, 0.29) is 18.6 Å². The van der Waals surface area contributed by atoms with Crippen molar-refractivity contribution in [2.45, 2.75) is 13.0 Å². The standard InChI is InChI=1S/C20H25NO6/c1-13(14-6-7-18(25-4)19(8-14)26-5)21-20(22)12-27-17-10-15(23-2)9-16(11-17)24-3/h6-11,13H,12H2,1-5H3,(H,21,22)/t13-/m1/s1. The van der Waals surface area contributed by atoms with E-state index in [0.29, 0.717) is 28.7 Å². The van der Waals surface area contributed by atoms with Crippen LogP contribution in [-0.2, 0) is 4.79 Å². The number of nitrogens with one attached hydrogen (secondary N) is 1. The van der Waals surface area contributed by atoms with Crippen molar-refractivity contribution in [3.05, 3.63) is 42.0 Å². The summed E-state index contributed by atoms with van der Waals surface area (Å²) in [5, 5.41) is 2.89. The fourth-order valence-electron chi connectivity index (χ4n) is 2.50. The molecule has 27 heavy (non-hydrogen) atoms. The number of hydrogen-bond acceptors (Lipinski definition) is 6. The van der Waals surface area contributed by atoms with E-state index in [0.717, 1.165) is 5.56 Å². The maximum Gasteiger partial charge on any atom is 0.258 e. The van der Waals surface area contributed by atoms with Crippen molar-refractivity contribution in [3.8, 4) is 28.7 Å². The Bertz CT molecular complexity index is 755. The molecular formula is C20H25NO6. The average molecular weight is 375 g/mol. The van der Waals surface area contributed by atoms with Gasteiger partial charge in [0.05, 0.1) is 34.5 Å². The van der Waals surface area contributed by atoms with Crippen molar-refractivity contribution in [2.75, 3.05) is 35.0 Å². The molecule has 0 aliphatic carbocycles. The van der Waals surface area contributed by atoms with Crippen LogP contribution in [0.2, 0.25) is 0 Å². The Labute approximate surface area is 159 Å². The van der Waals surface area contributed by atoms with Crippen molar-refractivity contribution >= 4 is 5.91 Å². The topological polar surface area (TPSA) is 75.3 Å². The Morgan fingerprint density at radius 2 is 1.44 bits per heavy atom. The summed E-state index contributed by atoms with van der Waals surface area (Å²) < 4.78 is 26.4. The minimum atomic E-state index is -0.251. The van der Waals surface area contributed by atoms with E-state index in [1.807, 2.05) is 19.1 Å². The van der Waals surface area contributed by atoms with Crippen molar-refractivity contribution in [3.63, 3.8) is 0 Å². The predicted molar refractivity (Wildman–Crippen MR) is 101 cm³/mol. The fraction of sp³-hybridized carbons (Fsp3) is 0.350. The van der Waals surface area contributed by atoms with Crippen LogP contribution in [0.1, 0.15) is 18.5 Å². The van der Waals surface area contributed by atoms with Crippen LogP contribution < -0.4 is 29.0 Å². The van der Waals surface area contributed by atoms with E-state index >= 15 is 0 Å². The lowest BCUT2D eigenvalue weighted by Crippen LogP contribution is -2.31. The van der Waals surface area contributed by atoms with Crippen LogP contribution in [0.5, 0.6) is 28.7 Å². The monoisotopic (exact) mass is 375 g/mol. The summed E-state index contributed by atoms with van der Waals surface area (Å²) in [5.74, 6) is 2.65. The predicted octanol–water partition coefficient (Wildman–Crippen LogP) is 2.98. The lowest BCUT2D eigenvalue weighted by Gasteiger charge is -2.17. The highest BCUT2D eigenvalue weighted by Crippen LogP contribution is 2.30. The highest BCUT2D eigenvalue weighted by atomic mass is 16.5. The molecule has 0 spiro atoms. The van der Waals surface area contributed by atoms with Crippen molar-refractivity contribution < 1.29 is 28.5 Å². The zero-order chi connectivity index (χ0) is 19.8. The Kier molecular flexibility index (Phi) is 7.16. The van der Waals surface area contributed by atoms with Gasteiger partial charge in [-0.15, -0.1) is 0 Å². The molecule has 2 aromatic carbocycles. The van der Waals surface area contributed by atoms with Gasteiger partial charge in [0, 0.05) is 18.2 Å². The molecule has 0 fully saturated rings. The molecule has 0 unspecified atom stereocenters. The second-order valence-electron chi connectivity index (χ2n) is 5.74. The van der Waals surface area contributed by atoms with Gasteiger partial charge < -0.3 is 29.0 Å². The van der Waals surface area contributed by atoms with E-state index < -0.39 is 0 Å². The average Bonchev–Trinajstić information content (AvgIpc) is 2.71. The van der Waals surface area contributed by atoms with Gasteiger partial charge in [0.1, 0.15) is 17.2 Å². The third-order valence-corrected chi connectivity index (χ3v) is 3.98. The number of carbonyl (C=O) groups excluding carboxylic acids is 1. The largest absolute Gasteiger partial charge is 0.496 e. The Hall–Kier alpha value is -3.09. The number of benzene rings is 2. The van der Waals surface area contributed by atoms with Crippen LogP contribution in [0.4, 0.5) is 0 Å². The van der Waals surface area contributed by atoms with Crippen molar-refractivity contribution in [1.29, 1.82) is 0 Å². The highest BCUT2D eigenvalue weighted by molar-refractivity contribution is 5.78. The fourth-order valence-corrected chi connectivity index (χ4v) is 2.50. The summed E-state index contributed by atoms with van der Waals surface area (Å²) in [5.41, 5.74) is 0.893. The molecule has 0 heterocycles. The number of rotatable bonds is 9. The van der Waals surface area contributed by atoms with Gasteiger partial charge in [-0.25, -0.2) is 0 Å². The zero-order valence-corrected chi connectivity index (χ0v) is 16.2. The first-order valence-corrected chi connectivity index (χ1v) is 8.37. The molecule has 1 atom stereocenters. The first-order valence-electron chi connectivity index (χ1n) is 8.37. The van der Waals surface area contributed by atoms with Crippen LogP contribution in [0, 0.1) is 0 Å². The Morgan fingerprint density at radius 1 is 0.852 bits per heavy atom. The minimum Gasteiger partial charge on any atom is -0.496 e. The lowest BCUT2D eigenvalue weighted by atomic mass is 10.1. The third kappa shape index (κ3) is 5.44. The van der Waals surface area contributed by atoms with Gasteiger partial charge >= 0.3 is 0 Å². The molecule has 0 aliphatic heterocycles.